The molecule has 0 aliphatic carbocycles. The number of benzene rings is 2. The Morgan fingerprint density at radius 1 is 1.04 bits per heavy atom. The molecule has 0 saturated heterocycles. The molecule has 0 unspecified atom stereocenters. The average molecular weight is 395 g/mol. The summed E-state index contributed by atoms with van der Waals surface area (Å²) in [6, 6.07) is 13.6. The van der Waals surface area contributed by atoms with E-state index in [9.17, 15) is 13.2 Å². The third-order valence-electron chi connectivity index (χ3n) is 3.82. The van der Waals surface area contributed by atoms with Crippen LogP contribution in [0.2, 0.25) is 5.02 Å². The molecule has 0 bridgehead atoms. The van der Waals surface area contributed by atoms with Crippen molar-refractivity contribution in [3.05, 3.63) is 59.1 Å². The van der Waals surface area contributed by atoms with Gasteiger partial charge in [-0.2, -0.15) is 0 Å². The van der Waals surface area contributed by atoms with Crippen LogP contribution in [0.15, 0.2) is 53.4 Å². The van der Waals surface area contributed by atoms with E-state index in [0.717, 1.165) is 5.56 Å². The van der Waals surface area contributed by atoms with Gasteiger partial charge in [-0.25, -0.2) is 13.1 Å². The topological polar surface area (TPSA) is 75.3 Å². The first kappa shape index (κ1) is 20.4. The monoisotopic (exact) mass is 394 g/mol. The minimum Gasteiger partial charge on any atom is -0.325 e. The van der Waals surface area contributed by atoms with E-state index < -0.39 is 10.0 Å². The maximum atomic E-state index is 12.3. The first-order valence-electron chi connectivity index (χ1n) is 8.24. The van der Waals surface area contributed by atoms with Crippen LogP contribution in [0.3, 0.4) is 0 Å². The van der Waals surface area contributed by atoms with Gasteiger partial charge in [0.15, 0.2) is 0 Å². The third kappa shape index (κ3) is 5.56. The molecular formula is C19H23ClN2O3S. The Balaban J connectivity index is 1.92. The zero-order valence-electron chi connectivity index (χ0n) is 15.0. The van der Waals surface area contributed by atoms with Crippen LogP contribution in [-0.4, -0.2) is 20.9 Å². The molecule has 1 amide bonds. The molecule has 2 aromatic rings. The maximum absolute atomic E-state index is 12.3. The van der Waals surface area contributed by atoms with Crippen molar-refractivity contribution in [2.24, 2.45) is 0 Å². The van der Waals surface area contributed by atoms with Gasteiger partial charge in [0.1, 0.15) is 0 Å². The van der Waals surface area contributed by atoms with Gasteiger partial charge in [-0.15, -0.1) is 0 Å². The lowest BCUT2D eigenvalue weighted by Gasteiger charge is -2.19. The molecule has 0 spiro atoms. The molecule has 0 aliphatic heterocycles. The second-order valence-corrected chi connectivity index (χ2v) is 9.12. The summed E-state index contributed by atoms with van der Waals surface area (Å²) in [6.45, 7) is 6.19. The van der Waals surface area contributed by atoms with Gasteiger partial charge < -0.3 is 5.32 Å². The Labute approximate surface area is 159 Å². The second kappa shape index (κ2) is 8.20. The van der Waals surface area contributed by atoms with Gasteiger partial charge in [0.05, 0.1) is 15.6 Å². The highest BCUT2D eigenvalue weighted by atomic mass is 35.5. The Morgan fingerprint density at radius 2 is 1.65 bits per heavy atom. The smallest absolute Gasteiger partial charge is 0.240 e. The summed E-state index contributed by atoms with van der Waals surface area (Å²) in [4.78, 5) is 12.1. The van der Waals surface area contributed by atoms with Gasteiger partial charge in [-0.3, -0.25) is 4.79 Å². The zero-order chi connectivity index (χ0) is 19.4. The van der Waals surface area contributed by atoms with Crippen molar-refractivity contribution in [2.75, 3.05) is 11.9 Å². The lowest BCUT2D eigenvalue weighted by atomic mass is 9.87. The molecular weight excluding hydrogens is 372 g/mol. The standard InChI is InChI=1S/C19H23ClN2O3S/c1-19(2,3)14-8-10-15(11-9-14)26(24,25)21-13-12-18(23)22-17-7-5-4-6-16(17)20/h4-11,21H,12-13H2,1-3H3,(H,22,23). The molecule has 0 aliphatic rings. The second-order valence-electron chi connectivity index (χ2n) is 6.95. The van der Waals surface area contributed by atoms with Crippen LogP contribution in [0.25, 0.3) is 0 Å². The van der Waals surface area contributed by atoms with Crippen LogP contribution in [0.5, 0.6) is 0 Å². The minimum absolute atomic E-state index is 0.000356. The molecule has 0 saturated carbocycles. The molecule has 2 aromatic carbocycles. The summed E-state index contributed by atoms with van der Waals surface area (Å²) in [7, 11) is -3.66. The number of rotatable bonds is 6. The van der Waals surface area contributed by atoms with Crippen LogP contribution >= 0.6 is 11.6 Å². The molecule has 7 heteroatoms. The van der Waals surface area contributed by atoms with E-state index in [4.69, 9.17) is 11.6 Å². The normalized spacial score (nSPS) is 12.0. The molecule has 26 heavy (non-hydrogen) atoms. The Morgan fingerprint density at radius 3 is 2.23 bits per heavy atom. The lowest BCUT2D eigenvalue weighted by molar-refractivity contribution is -0.116. The average Bonchev–Trinajstić information content (AvgIpc) is 2.56. The molecule has 0 aromatic heterocycles. The van der Waals surface area contributed by atoms with Crippen molar-refractivity contribution in [2.45, 2.75) is 37.5 Å². The summed E-state index contributed by atoms with van der Waals surface area (Å²) in [5.41, 5.74) is 1.50. The number of amides is 1. The van der Waals surface area contributed by atoms with Gasteiger partial charge in [0, 0.05) is 13.0 Å². The number of anilines is 1. The summed E-state index contributed by atoms with van der Waals surface area (Å²) in [5, 5.41) is 3.09. The van der Waals surface area contributed by atoms with Crippen LogP contribution in [0, 0.1) is 0 Å². The van der Waals surface area contributed by atoms with Crippen molar-refractivity contribution in [3.63, 3.8) is 0 Å². The van der Waals surface area contributed by atoms with Crippen LogP contribution in [0.1, 0.15) is 32.8 Å². The predicted octanol–water partition coefficient (Wildman–Crippen LogP) is 3.94. The van der Waals surface area contributed by atoms with E-state index in [2.05, 4.69) is 30.8 Å². The van der Waals surface area contributed by atoms with Crippen molar-refractivity contribution >= 4 is 33.2 Å². The highest BCUT2D eigenvalue weighted by molar-refractivity contribution is 7.89. The van der Waals surface area contributed by atoms with Crippen LogP contribution in [-0.2, 0) is 20.2 Å². The molecule has 0 atom stereocenters. The molecule has 5 nitrogen and oxygen atoms in total. The predicted molar refractivity (Wildman–Crippen MR) is 105 cm³/mol. The fraction of sp³-hybridized carbons (Fsp3) is 0.316. The number of nitrogens with one attached hydrogen (secondary N) is 2. The number of hydrogen-bond acceptors (Lipinski definition) is 3. The first-order chi connectivity index (χ1) is 12.1. The quantitative estimate of drug-likeness (QED) is 0.779. The van der Waals surface area contributed by atoms with E-state index in [1.807, 2.05) is 0 Å². The lowest BCUT2D eigenvalue weighted by Crippen LogP contribution is -2.28. The SMILES string of the molecule is CC(C)(C)c1ccc(S(=O)(=O)NCCC(=O)Nc2ccccc2Cl)cc1. The van der Waals surface area contributed by atoms with E-state index in [1.165, 1.54) is 0 Å². The van der Waals surface area contributed by atoms with Crippen molar-refractivity contribution in [3.8, 4) is 0 Å². The molecule has 0 radical (unpaired) electrons. The fourth-order valence-corrected chi connectivity index (χ4v) is 3.51. The molecule has 0 fully saturated rings. The van der Waals surface area contributed by atoms with E-state index >= 15 is 0 Å². The van der Waals surface area contributed by atoms with E-state index in [1.54, 1.807) is 48.5 Å². The number of carbonyl (C=O) groups is 1. The molecule has 140 valence electrons. The Kier molecular flexibility index (Phi) is 6.44. The molecule has 0 heterocycles. The Bertz CT molecular complexity index is 872. The van der Waals surface area contributed by atoms with Crippen molar-refractivity contribution < 1.29 is 13.2 Å². The summed E-state index contributed by atoms with van der Waals surface area (Å²) < 4.78 is 27.1. The van der Waals surface area contributed by atoms with Gasteiger partial charge in [-0.1, -0.05) is 56.6 Å². The number of para-hydroxylation sites is 1. The van der Waals surface area contributed by atoms with Crippen molar-refractivity contribution in [1.29, 1.82) is 0 Å². The van der Waals surface area contributed by atoms with Gasteiger partial charge in [-0.05, 0) is 35.2 Å². The highest BCUT2D eigenvalue weighted by Gasteiger charge is 2.17. The van der Waals surface area contributed by atoms with Crippen LogP contribution < -0.4 is 10.0 Å². The highest BCUT2D eigenvalue weighted by Crippen LogP contribution is 2.23. The zero-order valence-corrected chi connectivity index (χ0v) is 16.6. The van der Waals surface area contributed by atoms with Crippen LogP contribution in [0.4, 0.5) is 5.69 Å². The first-order valence-corrected chi connectivity index (χ1v) is 10.1. The maximum Gasteiger partial charge on any atom is 0.240 e. The van der Waals surface area contributed by atoms with Crippen molar-refractivity contribution in [1.82, 2.24) is 4.72 Å². The summed E-state index contributed by atoms with van der Waals surface area (Å²) in [5.74, 6) is -0.316. The molecule has 2 N–H and O–H groups in total. The Hall–Kier alpha value is -1.89. The number of hydrogen-bond donors (Lipinski definition) is 2. The minimum atomic E-state index is -3.66. The summed E-state index contributed by atoms with van der Waals surface area (Å²) >= 11 is 5.97. The van der Waals surface area contributed by atoms with E-state index in [-0.39, 0.29) is 29.2 Å². The van der Waals surface area contributed by atoms with Gasteiger partial charge >= 0.3 is 0 Å². The van der Waals surface area contributed by atoms with E-state index in [0.29, 0.717) is 10.7 Å². The van der Waals surface area contributed by atoms with Gasteiger partial charge in [0.25, 0.3) is 0 Å². The fourth-order valence-electron chi connectivity index (χ4n) is 2.29. The third-order valence-corrected chi connectivity index (χ3v) is 5.63. The largest absolute Gasteiger partial charge is 0.325 e. The number of sulfonamides is 1. The summed E-state index contributed by atoms with van der Waals surface area (Å²) in [6.07, 6.45) is 0.00449. The molecule has 2 rings (SSSR count). The van der Waals surface area contributed by atoms with Gasteiger partial charge in [0.2, 0.25) is 15.9 Å². The number of carbonyl (C=O) groups excluding carboxylic acids is 1. The number of halogens is 1.